The molecular weight excluding hydrogens is 284 g/mol. The van der Waals surface area contributed by atoms with Gasteiger partial charge in [-0.15, -0.1) is 0 Å². The van der Waals surface area contributed by atoms with E-state index in [-0.39, 0.29) is 11.9 Å². The van der Waals surface area contributed by atoms with Crippen molar-refractivity contribution >= 4 is 11.6 Å². The summed E-state index contributed by atoms with van der Waals surface area (Å²) >= 11 is 0. The Kier molecular flexibility index (Phi) is 10.6. The van der Waals surface area contributed by atoms with Crippen molar-refractivity contribution in [3.63, 3.8) is 0 Å². The van der Waals surface area contributed by atoms with E-state index in [1.165, 1.54) is 0 Å². The van der Waals surface area contributed by atoms with E-state index in [2.05, 4.69) is 51.7 Å². The van der Waals surface area contributed by atoms with Crippen LogP contribution >= 0.6 is 0 Å². The molecule has 0 heterocycles. The van der Waals surface area contributed by atoms with Gasteiger partial charge in [-0.3, -0.25) is 9.69 Å². The van der Waals surface area contributed by atoms with Gasteiger partial charge in [0.05, 0.1) is 6.04 Å². The van der Waals surface area contributed by atoms with Gasteiger partial charge in [0.2, 0.25) is 5.91 Å². The number of hydrogen-bond donors (Lipinski definition) is 0. The number of hydrogen-bond acceptors (Lipinski definition) is 2. The van der Waals surface area contributed by atoms with E-state index in [4.69, 9.17) is 0 Å². The average Bonchev–Trinajstić information content (AvgIpc) is 2.56. The smallest absolute Gasteiger partial charge is 0.244 e. The Hall–Kier alpha value is -1.35. The Bertz CT molecular complexity index is 450. The monoisotopic (exact) mass is 320 g/mol. The molecule has 0 aliphatic carbocycles. The summed E-state index contributed by atoms with van der Waals surface area (Å²) in [6.45, 7) is 16.4. The molecule has 132 valence electrons. The highest BCUT2D eigenvalue weighted by molar-refractivity contribution is 5.98. The Morgan fingerprint density at radius 3 is 2.00 bits per heavy atom. The maximum atomic E-state index is 12.9. The largest absolute Gasteiger partial charge is 0.314 e. The molecule has 1 unspecified atom stereocenters. The van der Waals surface area contributed by atoms with Gasteiger partial charge in [0.25, 0.3) is 0 Å². The predicted molar refractivity (Wildman–Crippen MR) is 102 cm³/mol. The molecule has 0 saturated carbocycles. The molecule has 0 fully saturated rings. The molecule has 0 aliphatic heterocycles. The van der Waals surface area contributed by atoms with E-state index in [1.807, 2.05) is 31.9 Å². The number of benzene rings is 1. The summed E-state index contributed by atoms with van der Waals surface area (Å²) in [4.78, 5) is 17.1. The minimum atomic E-state index is -0.0287. The van der Waals surface area contributed by atoms with Gasteiger partial charge in [0, 0.05) is 12.7 Å². The second-order valence-corrected chi connectivity index (χ2v) is 5.69. The van der Waals surface area contributed by atoms with E-state index >= 15 is 0 Å². The van der Waals surface area contributed by atoms with E-state index in [9.17, 15) is 4.79 Å². The Balaban J connectivity index is 0.00000232. The van der Waals surface area contributed by atoms with Crippen LogP contribution in [0.5, 0.6) is 0 Å². The first-order valence-corrected chi connectivity index (χ1v) is 9.05. The number of nitrogens with zero attached hydrogens (tertiary/aromatic N) is 2. The number of rotatable bonds is 7. The van der Waals surface area contributed by atoms with Gasteiger partial charge >= 0.3 is 0 Å². The number of para-hydroxylation sites is 1. The molecule has 0 spiro atoms. The maximum absolute atomic E-state index is 12.9. The molecule has 1 rings (SSSR count). The molecule has 1 amide bonds. The van der Waals surface area contributed by atoms with Crippen LogP contribution in [0.3, 0.4) is 0 Å². The minimum Gasteiger partial charge on any atom is -0.314 e. The molecule has 0 aliphatic rings. The fourth-order valence-electron chi connectivity index (χ4n) is 3.08. The summed E-state index contributed by atoms with van der Waals surface area (Å²) in [5.74, 6) is 0.199. The van der Waals surface area contributed by atoms with Crippen molar-refractivity contribution in [1.82, 2.24) is 4.90 Å². The summed E-state index contributed by atoms with van der Waals surface area (Å²) in [6.07, 6.45) is 1.92. The lowest BCUT2D eigenvalue weighted by molar-refractivity contribution is -0.123. The number of amides is 1. The van der Waals surface area contributed by atoms with Crippen LogP contribution in [0.15, 0.2) is 18.2 Å². The van der Waals surface area contributed by atoms with Crippen LogP contribution in [0.1, 0.15) is 58.6 Å². The zero-order valence-electron chi connectivity index (χ0n) is 16.4. The fourth-order valence-corrected chi connectivity index (χ4v) is 3.08. The van der Waals surface area contributed by atoms with Crippen molar-refractivity contribution in [3.05, 3.63) is 29.3 Å². The first-order chi connectivity index (χ1) is 11.0. The third-order valence-corrected chi connectivity index (χ3v) is 4.14. The minimum absolute atomic E-state index is 0.0287. The molecule has 3 nitrogen and oxygen atoms in total. The molecule has 0 aromatic heterocycles. The van der Waals surface area contributed by atoms with Crippen LogP contribution in [0.25, 0.3) is 0 Å². The number of carbonyl (C=O) groups is 1. The van der Waals surface area contributed by atoms with Crippen LogP contribution in [0, 0.1) is 13.8 Å². The van der Waals surface area contributed by atoms with Crippen molar-refractivity contribution in [2.45, 2.75) is 67.3 Å². The maximum Gasteiger partial charge on any atom is 0.244 e. The van der Waals surface area contributed by atoms with Crippen molar-refractivity contribution in [3.8, 4) is 0 Å². The van der Waals surface area contributed by atoms with Crippen LogP contribution in [0.2, 0.25) is 0 Å². The molecule has 0 bridgehead atoms. The lowest BCUT2D eigenvalue weighted by Gasteiger charge is -2.33. The molecule has 0 N–H and O–H groups in total. The lowest BCUT2D eigenvalue weighted by Crippen LogP contribution is -2.48. The van der Waals surface area contributed by atoms with Gasteiger partial charge in [-0.1, -0.05) is 52.8 Å². The third kappa shape index (κ3) is 5.65. The van der Waals surface area contributed by atoms with Crippen LogP contribution in [0.4, 0.5) is 5.69 Å². The quantitative estimate of drug-likeness (QED) is 0.720. The lowest BCUT2D eigenvalue weighted by atomic mass is 10.1. The highest BCUT2D eigenvalue weighted by Gasteiger charge is 2.27. The second kappa shape index (κ2) is 11.2. The number of likely N-dealkylation sites (N-methyl/N-ethyl adjacent to an activating group) is 2. The van der Waals surface area contributed by atoms with Crippen molar-refractivity contribution in [2.75, 3.05) is 25.0 Å². The summed E-state index contributed by atoms with van der Waals surface area (Å²) in [7, 11) is 1.90. The molecule has 23 heavy (non-hydrogen) atoms. The molecule has 1 aromatic rings. The highest BCUT2D eigenvalue weighted by Crippen LogP contribution is 2.25. The van der Waals surface area contributed by atoms with Gasteiger partial charge in [-0.05, 0) is 50.9 Å². The topological polar surface area (TPSA) is 23.6 Å². The highest BCUT2D eigenvalue weighted by atomic mass is 16.2. The van der Waals surface area contributed by atoms with E-state index in [0.29, 0.717) is 0 Å². The number of anilines is 1. The molecule has 0 radical (unpaired) electrons. The van der Waals surface area contributed by atoms with Crippen LogP contribution in [-0.2, 0) is 4.79 Å². The molecule has 1 atom stereocenters. The third-order valence-electron chi connectivity index (χ3n) is 4.14. The molecular formula is C20H36N2O. The van der Waals surface area contributed by atoms with E-state index < -0.39 is 0 Å². The van der Waals surface area contributed by atoms with Gasteiger partial charge in [0.1, 0.15) is 0 Å². The van der Waals surface area contributed by atoms with E-state index in [1.54, 1.807) is 0 Å². The Morgan fingerprint density at radius 2 is 1.61 bits per heavy atom. The van der Waals surface area contributed by atoms with E-state index in [0.717, 1.165) is 42.7 Å². The molecule has 1 aromatic carbocycles. The molecule has 3 heteroatoms. The first kappa shape index (κ1) is 21.6. The van der Waals surface area contributed by atoms with Crippen molar-refractivity contribution in [1.29, 1.82) is 0 Å². The molecule has 0 saturated heterocycles. The zero-order chi connectivity index (χ0) is 18.0. The van der Waals surface area contributed by atoms with Crippen LogP contribution in [-0.4, -0.2) is 37.0 Å². The number of carbonyl (C=O) groups excluding carboxylic acids is 1. The SMILES string of the molecule is CC.CCCN(CC)C(CC)C(=O)N(C)c1c(C)cccc1C. The fraction of sp³-hybridized carbons (Fsp3) is 0.650. The summed E-state index contributed by atoms with van der Waals surface area (Å²) in [6, 6.07) is 6.14. The summed E-state index contributed by atoms with van der Waals surface area (Å²) in [5, 5.41) is 0. The summed E-state index contributed by atoms with van der Waals surface area (Å²) in [5.41, 5.74) is 3.35. The standard InChI is InChI=1S/C18H30N2O.C2H6/c1-7-13-20(9-3)16(8-2)18(21)19(6)17-14(4)11-10-12-15(17)5;1-2/h10-12,16H,7-9,13H2,1-6H3;1-2H3. The van der Waals surface area contributed by atoms with Crippen LogP contribution < -0.4 is 4.90 Å². The predicted octanol–water partition coefficient (Wildman–Crippen LogP) is 4.80. The van der Waals surface area contributed by atoms with Gasteiger partial charge < -0.3 is 4.90 Å². The van der Waals surface area contributed by atoms with Gasteiger partial charge in [-0.2, -0.15) is 0 Å². The van der Waals surface area contributed by atoms with Gasteiger partial charge in [-0.25, -0.2) is 0 Å². The summed E-state index contributed by atoms with van der Waals surface area (Å²) < 4.78 is 0. The zero-order valence-corrected chi connectivity index (χ0v) is 16.4. The van der Waals surface area contributed by atoms with Crippen molar-refractivity contribution in [2.24, 2.45) is 0 Å². The Morgan fingerprint density at radius 1 is 1.09 bits per heavy atom. The number of aryl methyl sites for hydroxylation is 2. The first-order valence-electron chi connectivity index (χ1n) is 9.05. The Labute approximate surface area is 143 Å². The van der Waals surface area contributed by atoms with Gasteiger partial charge in [0.15, 0.2) is 0 Å². The normalized spacial score (nSPS) is 11.7. The average molecular weight is 321 g/mol. The van der Waals surface area contributed by atoms with Crippen molar-refractivity contribution < 1.29 is 4.79 Å². The second-order valence-electron chi connectivity index (χ2n) is 5.69.